The predicted octanol–water partition coefficient (Wildman–Crippen LogP) is 5.10. The average Bonchev–Trinajstić information content (AvgIpc) is 2.97. The Morgan fingerprint density at radius 2 is 1.48 bits per heavy atom. The largest absolute Gasteiger partial charge is 0.479 e. The van der Waals surface area contributed by atoms with Gasteiger partial charge in [-0.15, -0.1) is 0 Å². The van der Waals surface area contributed by atoms with Gasteiger partial charge >= 0.3 is 12.0 Å². The van der Waals surface area contributed by atoms with Crippen LogP contribution in [0.1, 0.15) is 71.1 Å². The molecule has 1 saturated carbocycles. The second kappa shape index (κ2) is 13.2. The third-order valence-electron chi connectivity index (χ3n) is 7.05. The van der Waals surface area contributed by atoms with Crippen molar-refractivity contribution in [2.45, 2.75) is 50.2 Å². The smallest absolute Gasteiger partial charge is 0.334 e. The van der Waals surface area contributed by atoms with Crippen LogP contribution in [0.25, 0.3) is 0 Å². The molecule has 2 unspecified atom stereocenters. The lowest BCUT2D eigenvalue weighted by Gasteiger charge is -2.24. The fourth-order valence-corrected chi connectivity index (χ4v) is 4.83. The molecule has 0 spiro atoms. The predicted molar refractivity (Wildman–Crippen MR) is 145 cm³/mol. The monoisotopic (exact) mass is 551 g/mol. The molecular weight excluding hydrogens is 520 g/mol. The van der Waals surface area contributed by atoms with Crippen LogP contribution in [0.2, 0.25) is 0 Å². The van der Waals surface area contributed by atoms with Gasteiger partial charge < -0.3 is 26.2 Å². The quantitative estimate of drug-likeness (QED) is 0.253. The van der Waals surface area contributed by atoms with Gasteiger partial charge in [0.2, 0.25) is 0 Å². The lowest BCUT2D eigenvalue weighted by Crippen LogP contribution is -2.36. The number of carbonyl (C=O) groups is 3. The van der Waals surface area contributed by atoms with E-state index in [2.05, 4.69) is 28.1 Å². The third-order valence-corrected chi connectivity index (χ3v) is 7.05. The topological polar surface area (TPSA) is 128 Å². The third kappa shape index (κ3) is 7.41. The van der Waals surface area contributed by atoms with Crippen molar-refractivity contribution in [1.29, 1.82) is 0 Å². The van der Waals surface area contributed by atoms with Crippen molar-refractivity contribution in [1.82, 2.24) is 10.6 Å². The molecule has 0 heterocycles. The Hall–Kier alpha value is -4.31. The van der Waals surface area contributed by atoms with Crippen LogP contribution < -0.4 is 16.0 Å². The van der Waals surface area contributed by atoms with E-state index in [1.54, 1.807) is 12.1 Å². The van der Waals surface area contributed by atoms with Gasteiger partial charge in [-0.25, -0.2) is 18.4 Å². The number of carbonyl (C=O) groups excluding carboxylic acids is 2. The lowest BCUT2D eigenvalue weighted by atomic mass is 9.83. The number of aliphatic carboxylic acids is 1. The molecule has 0 saturated heterocycles. The lowest BCUT2D eigenvalue weighted by molar-refractivity contribution is -0.146. The van der Waals surface area contributed by atoms with Gasteiger partial charge in [0.05, 0.1) is 12.6 Å². The van der Waals surface area contributed by atoms with Crippen LogP contribution in [0, 0.1) is 11.6 Å². The van der Waals surface area contributed by atoms with Crippen molar-refractivity contribution in [3.05, 3.63) is 101 Å². The molecule has 8 nitrogen and oxygen atoms in total. The van der Waals surface area contributed by atoms with E-state index in [1.165, 1.54) is 43.0 Å². The molecule has 0 aliphatic heterocycles. The number of halogens is 2. The summed E-state index contributed by atoms with van der Waals surface area (Å²) in [6.07, 6.45) is 4.23. The molecule has 3 aromatic rings. The van der Waals surface area contributed by atoms with Gasteiger partial charge in [0, 0.05) is 17.3 Å². The van der Waals surface area contributed by atoms with Gasteiger partial charge in [0.15, 0.2) is 17.7 Å². The van der Waals surface area contributed by atoms with E-state index in [0.717, 1.165) is 30.5 Å². The van der Waals surface area contributed by atoms with E-state index < -0.39 is 48.2 Å². The van der Waals surface area contributed by atoms with Gasteiger partial charge in [0.25, 0.3) is 5.91 Å². The highest BCUT2D eigenvalue weighted by Gasteiger charge is 2.21. The highest BCUT2D eigenvalue weighted by molar-refractivity contribution is 5.94. The summed E-state index contributed by atoms with van der Waals surface area (Å²) in [5, 5.41) is 25.9. The Bertz CT molecular complexity index is 1340. The minimum absolute atomic E-state index is 0.0818. The van der Waals surface area contributed by atoms with Crippen LogP contribution in [0.15, 0.2) is 66.7 Å². The van der Waals surface area contributed by atoms with E-state index in [4.69, 9.17) is 5.11 Å². The summed E-state index contributed by atoms with van der Waals surface area (Å²) in [5.41, 5.74) is 2.98. The summed E-state index contributed by atoms with van der Waals surface area (Å²) in [5.74, 6) is -3.62. The Morgan fingerprint density at radius 3 is 2.08 bits per heavy atom. The van der Waals surface area contributed by atoms with E-state index in [1.807, 2.05) is 12.1 Å². The molecule has 5 N–H and O–H groups in total. The van der Waals surface area contributed by atoms with Crippen LogP contribution in [0.3, 0.4) is 0 Å². The number of carboxylic acids is 1. The summed E-state index contributed by atoms with van der Waals surface area (Å²) < 4.78 is 26.9. The Balaban J connectivity index is 1.54. The zero-order valence-corrected chi connectivity index (χ0v) is 21.7. The van der Waals surface area contributed by atoms with E-state index >= 15 is 0 Å². The van der Waals surface area contributed by atoms with E-state index in [0.29, 0.717) is 11.5 Å². The number of aliphatic hydroxyl groups excluding tert-OH is 1. The van der Waals surface area contributed by atoms with Crippen LogP contribution >= 0.6 is 0 Å². The number of carboxylic acid groups (broad SMARTS) is 1. The van der Waals surface area contributed by atoms with Crippen LogP contribution in [0.4, 0.5) is 19.3 Å². The van der Waals surface area contributed by atoms with Gasteiger partial charge in [-0.05, 0) is 59.7 Å². The second-order valence-corrected chi connectivity index (χ2v) is 9.85. The highest BCUT2D eigenvalue weighted by atomic mass is 19.2. The number of amides is 3. The van der Waals surface area contributed by atoms with Gasteiger partial charge in [-0.3, -0.25) is 4.79 Å². The fraction of sp³-hybridized carbons (Fsp3) is 0.300. The maximum absolute atomic E-state index is 13.6. The van der Waals surface area contributed by atoms with E-state index in [9.17, 15) is 28.3 Å². The molecular formula is C30H31F2N3O5. The maximum atomic E-state index is 13.6. The first kappa shape index (κ1) is 28.7. The van der Waals surface area contributed by atoms with Crippen molar-refractivity contribution >= 4 is 23.6 Å². The molecule has 10 heteroatoms. The summed E-state index contributed by atoms with van der Waals surface area (Å²) in [6, 6.07) is 16.1. The van der Waals surface area contributed by atoms with Crippen molar-refractivity contribution in [2.75, 3.05) is 11.9 Å². The molecule has 0 radical (unpaired) electrons. The first-order valence-electron chi connectivity index (χ1n) is 13.1. The van der Waals surface area contributed by atoms with Crippen LogP contribution in [0.5, 0.6) is 0 Å². The molecule has 0 aromatic heterocycles. The summed E-state index contributed by atoms with van der Waals surface area (Å²) in [6.45, 7) is -0.447. The minimum atomic E-state index is -1.72. The van der Waals surface area contributed by atoms with E-state index in [-0.39, 0.29) is 11.3 Å². The Labute approximate surface area is 230 Å². The molecule has 2 atom stereocenters. The summed E-state index contributed by atoms with van der Waals surface area (Å²) in [7, 11) is 0. The highest BCUT2D eigenvalue weighted by Crippen LogP contribution is 2.33. The number of hydrogen-bond acceptors (Lipinski definition) is 4. The Kier molecular flexibility index (Phi) is 9.44. The van der Waals surface area contributed by atoms with Crippen LogP contribution in [-0.4, -0.2) is 40.8 Å². The second-order valence-electron chi connectivity index (χ2n) is 9.85. The van der Waals surface area contributed by atoms with Gasteiger partial charge in [0.1, 0.15) is 0 Å². The Morgan fingerprint density at radius 1 is 0.850 bits per heavy atom. The number of rotatable bonds is 9. The molecule has 0 bridgehead atoms. The zero-order chi connectivity index (χ0) is 28.6. The normalized spacial score (nSPS) is 15.1. The number of anilines is 1. The molecule has 3 aromatic carbocycles. The SMILES string of the molecule is O=C(Nc1ccc(F)c(F)c1)NC(c1ccc(C(=O)NCC(O)C(=O)O)cc1)c1ccc(C2CCCCC2)cc1. The molecule has 3 amide bonds. The number of hydrogen-bond donors (Lipinski definition) is 5. The standard InChI is InChI=1S/C30H31F2N3O5/c31-24-15-14-23(16-25(24)32)34-30(40)35-27(20-8-6-19(7-9-20)18-4-2-1-3-5-18)21-10-12-22(13-11-21)28(37)33-17-26(36)29(38)39/h6-16,18,26-27,36H,1-5,17H2,(H,33,37)(H,38,39)(H2,34,35,40). The molecule has 1 aliphatic carbocycles. The summed E-state index contributed by atoms with van der Waals surface area (Å²) in [4.78, 5) is 36.0. The minimum Gasteiger partial charge on any atom is -0.479 e. The molecule has 4 rings (SSSR count). The fourth-order valence-electron chi connectivity index (χ4n) is 4.83. The van der Waals surface area contributed by atoms with Crippen molar-refractivity contribution in [2.24, 2.45) is 0 Å². The van der Waals surface area contributed by atoms with Crippen LogP contribution in [-0.2, 0) is 4.79 Å². The van der Waals surface area contributed by atoms with Crippen molar-refractivity contribution in [3.8, 4) is 0 Å². The summed E-state index contributed by atoms with van der Waals surface area (Å²) >= 11 is 0. The average molecular weight is 552 g/mol. The van der Waals surface area contributed by atoms with Gasteiger partial charge in [-0.1, -0.05) is 55.7 Å². The molecule has 1 aliphatic rings. The number of nitrogens with one attached hydrogen (secondary N) is 3. The molecule has 40 heavy (non-hydrogen) atoms. The first-order valence-corrected chi connectivity index (χ1v) is 13.1. The first-order chi connectivity index (χ1) is 19.2. The van der Waals surface area contributed by atoms with Gasteiger partial charge in [-0.2, -0.15) is 0 Å². The zero-order valence-electron chi connectivity index (χ0n) is 21.7. The number of benzene rings is 3. The maximum Gasteiger partial charge on any atom is 0.334 e. The van der Waals surface area contributed by atoms with Crippen molar-refractivity contribution < 1.29 is 33.4 Å². The number of aliphatic hydroxyl groups is 1. The molecule has 1 fully saturated rings. The molecule has 210 valence electrons. The number of urea groups is 1. The van der Waals surface area contributed by atoms with Crippen molar-refractivity contribution in [3.63, 3.8) is 0 Å².